The van der Waals surface area contributed by atoms with Gasteiger partial charge in [0.15, 0.2) is 0 Å². The minimum absolute atomic E-state index is 0. The smallest absolute Gasteiger partial charge is 0.124 e. The summed E-state index contributed by atoms with van der Waals surface area (Å²) in [6.45, 7) is 2.30. The third-order valence-electron chi connectivity index (χ3n) is 16.4. The summed E-state index contributed by atoms with van der Waals surface area (Å²) in [7, 11) is -1.58. The molecule has 3 N–H and O–H groups in total. The van der Waals surface area contributed by atoms with Crippen LogP contribution in [0, 0.1) is 11.8 Å². The van der Waals surface area contributed by atoms with Crippen molar-refractivity contribution in [2.75, 3.05) is 6.61 Å². The summed E-state index contributed by atoms with van der Waals surface area (Å²) in [5.74, 6) is 1.23. The second kappa shape index (κ2) is 30.5. The summed E-state index contributed by atoms with van der Waals surface area (Å²) in [4.78, 5) is 0. The van der Waals surface area contributed by atoms with Gasteiger partial charge in [-0.25, -0.2) is 0 Å². The first-order valence-electron chi connectivity index (χ1n) is 29.2. The van der Waals surface area contributed by atoms with Gasteiger partial charge in [-0.3, -0.25) is 0 Å². The van der Waals surface area contributed by atoms with Crippen molar-refractivity contribution in [3.05, 3.63) is 255 Å². The van der Waals surface area contributed by atoms with Crippen LogP contribution in [0.2, 0.25) is 0 Å². The van der Waals surface area contributed by atoms with Crippen LogP contribution in [0.3, 0.4) is 0 Å². The van der Waals surface area contributed by atoms with E-state index in [-0.39, 0.29) is 39.0 Å². The van der Waals surface area contributed by atoms with Crippen molar-refractivity contribution in [3.63, 3.8) is 0 Å². The molecule has 0 aliphatic heterocycles. The van der Waals surface area contributed by atoms with Crippen molar-refractivity contribution in [2.45, 2.75) is 95.0 Å². The number of aromatic hydroxyl groups is 1. The standard InChI is InChI=1S/C32H23OP.C19H23OP.C18H21OP.C5H10.Fe/c33-29-21-19-23-11-7-9-17-27(23)31(29)32-28-18-10-8-12-24(28)20-22-30(32)34(25-13-3-1-4-14-25)26-15-5-2-6-16-26;1-15(20)18-13-8-14-19(18)21(16-9-4-2-5-10-16)17-11-6-3-7-12-17;19-14-15-8-7-13-18(15)20(16-9-3-1-4-10-16)17-11-5-2-6-12-17;1-2-4-5-3-1;/h1-22,33H;2-7,9-12,15,18-20H,8,13-14H2,1H3;1-6,9-12,15,18-19H,7-8,13-14H2;1-5H2;/t;15-,18?,19?;15-,18+;;/m.00../s1. The van der Waals surface area contributed by atoms with Gasteiger partial charge in [0.1, 0.15) is 5.75 Å². The van der Waals surface area contributed by atoms with E-state index >= 15 is 0 Å². The number of hydrogen-bond donors (Lipinski definition) is 3. The number of rotatable bonds is 12. The summed E-state index contributed by atoms with van der Waals surface area (Å²) in [6, 6.07) is 90.1. The Balaban J connectivity index is 0.000000146. The van der Waals surface area contributed by atoms with E-state index in [1.54, 1.807) is 0 Å². The van der Waals surface area contributed by atoms with Crippen LogP contribution in [0.4, 0.5) is 0 Å². The SMILES string of the molecule is C1CCCC1.C[C@H](O)C1CCCC1P(c1ccccc1)c1ccccc1.OC[C@@H]1CCC[C@H]1P(c1ccccc1)c1ccccc1.Oc1ccc2ccccc2c1-c1c(P(c2ccccc2)c2ccccc2)ccc2ccccc12.[Fe]. The molecule has 7 heteroatoms. The third kappa shape index (κ3) is 14.9. The monoisotopic (exact) mass is 1160 g/mol. The first-order valence-corrected chi connectivity index (χ1v) is 33.4. The Morgan fingerprint density at radius 3 is 1.17 bits per heavy atom. The third-order valence-corrected chi connectivity index (χ3v) is 24.9. The van der Waals surface area contributed by atoms with Crippen LogP contribution >= 0.6 is 23.8 Å². The van der Waals surface area contributed by atoms with Crippen LogP contribution < -0.4 is 37.1 Å². The van der Waals surface area contributed by atoms with E-state index < -0.39 is 7.92 Å². The number of hydrogen-bond acceptors (Lipinski definition) is 3. The van der Waals surface area contributed by atoms with Crippen LogP contribution in [0.25, 0.3) is 32.7 Å². The van der Waals surface area contributed by atoms with Crippen molar-refractivity contribution in [1.29, 1.82) is 0 Å². The summed E-state index contributed by atoms with van der Waals surface area (Å²) in [5, 5.41) is 45.3. The number of aliphatic hydroxyl groups is 2. The zero-order valence-electron chi connectivity index (χ0n) is 46.7. The van der Waals surface area contributed by atoms with E-state index in [0.29, 0.717) is 35.5 Å². The average Bonchev–Trinajstić information content (AvgIpc) is 4.45. The minimum atomic E-state index is -0.842. The second-order valence-electron chi connectivity index (χ2n) is 21.6. The molecule has 3 nitrogen and oxygen atoms in total. The van der Waals surface area contributed by atoms with E-state index in [2.05, 4.69) is 231 Å². The van der Waals surface area contributed by atoms with Gasteiger partial charge in [0, 0.05) is 34.8 Å². The maximum Gasteiger partial charge on any atom is 0.124 e. The van der Waals surface area contributed by atoms with E-state index in [9.17, 15) is 15.3 Å². The molecule has 10 aromatic carbocycles. The molecule has 3 aliphatic carbocycles. The fourth-order valence-electron chi connectivity index (χ4n) is 12.5. The predicted octanol–water partition coefficient (Wildman–Crippen LogP) is 16.0. The summed E-state index contributed by atoms with van der Waals surface area (Å²) in [5.41, 5.74) is 3.25. The molecular formula is C74H77FeO3P3. The Labute approximate surface area is 496 Å². The van der Waals surface area contributed by atoms with E-state index in [1.165, 1.54) is 113 Å². The van der Waals surface area contributed by atoms with Crippen LogP contribution in [0.1, 0.15) is 77.6 Å². The molecule has 3 fully saturated rings. The molecule has 0 amide bonds. The molecule has 3 aliphatic rings. The van der Waals surface area contributed by atoms with Crippen molar-refractivity contribution < 1.29 is 32.4 Å². The van der Waals surface area contributed by atoms with E-state index in [0.717, 1.165) is 27.3 Å². The van der Waals surface area contributed by atoms with Crippen LogP contribution in [0.5, 0.6) is 5.75 Å². The molecule has 0 aromatic heterocycles. The number of fused-ring (bicyclic) bond motifs is 2. The first-order chi connectivity index (χ1) is 39.5. The first kappa shape index (κ1) is 59.9. The van der Waals surface area contributed by atoms with Gasteiger partial charge in [0.25, 0.3) is 0 Å². The maximum atomic E-state index is 11.3. The Morgan fingerprint density at radius 2 is 0.741 bits per heavy atom. The molecule has 0 bridgehead atoms. The number of aliphatic hydroxyl groups excluding tert-OH is 2. The Bertz CT molecular complexity index is 3310. The summed E-state index contributed by atoms with van der Waals surface area (Å²) >= 11 is 0. The summed E-state index contributed by atoms with van der Waals surface area (Å²) < 4.78 is 0. The van der Waals surface area contributed by atoms with E-state index in [4.69, 9.17) is 0 Å². The maximum absolute atomic E-state index is 11.3. The minimum Gasteiger partial charge on any atom is -0.507 e. The largest absolute Gasteiger partial charge is 0.507 e. The van der Waals surface area contributed by atoms with Gasteiger partial charge in [0.2, 0.25) is 0 Å². The van der Waals surface area contributed by atoms with Gasteiger partial charge in [-0.1, -0.05) is 294 Å². The predicted molar refractivity (Wildman–Crippen MR) is 350 cm³/mol. The topological polar surface area (TPSA) is 60.7 Å². The summed E-state index contributed by atoms with van der Waals surface area (Å²) in [6.07, 6.45) is 14.6. The van der Waals surface area contributed by atoms with Crippen molar-refractivity contribution in [3.8, 4) is 16.9 Å². The zero-order valence-corrected chi connectivity index (χ0v) is 50.4. The van der Waals surface area contributed by atoms with E-state index in [1.807, 2.05) is 31.2 Å². The number of benzene rings is 10. The molecule has 81 heavy (non-hydrogen) atoms. The van der Waals surface area contributed by atoms with Gasteiger partial charge in [0.05, 0.1) is 6.10 Å². The fourth-order valence-corrected chi connectivity index (χ4v) is 21.4. The van der Waals surface area contributed by atoms with Crippen molar-refractivity contribution >= 4 is 82.4 Å². The van der Waals surface area contributed by atoms with Crippen LogP contribution in [-0.4, -0.2) is 39.3 Å². The van der Waals surface area contributed by atoms with Crippen molar-refractivity contribution in [1.82, 2.24) is 0 Å². The number of phenolic OH excluding ortho intramolecular Hbond substituents is 1. The second-order valence-corrected chi connectivity index (χ2v) is 28.6. The molecular weight excluding hydrogens is 1090 g/mol. The van der Waals surface area contributed by atoms with Gasteiger partial charge >= 0.3 is 0 Å². The molecule has 10 aromatic rings. The normalized spacial score (nSPS) is 17.8. The Morgan fingerprint density at radius 1 is 0.383 bits per heavy atom. The molecule has 13 rings (SSSR count). The van der Waals surface area contributed by atoms with Crippen LogP contribution in [-0.2, 0) is 17.1 Å². The molecule has 0 spiro atoms. The average molecular weight is 1160 g/mol. The fraction of sp³-hybridized carbons (Fsp3) is 0.243. The quantitative estimate of drug-likeness (QED) is 0.0844. The Kier molecular flexibility index (Phi) is 22.6. The number of phenols is 1. The molecule has 414 valence electrons. The molecule has 0 radical (unpaired) electrons. The van der Waals surface area contributed by atoms with Gasteiger partial charge in [-0.2, -0.15) is 0 Å². The van der Waals surface area contributed by atoms with Crippen molar-refractivity contribution in [2.24, 2.45) is 11.8 Å². The van der Waals surface area contributed by atoms with Gasteiger partial charge in [-0.15, -0.1) is 0 Å². The molecule has 5 atom stereocenters. The zero-order chi connectivity index (χ0) is 54.9. The van der Waals surface area contributed by atoms with Crippen LogP contribution in [0.15, 0.2) is 255 Å². The molecule has 0 saturated heterocycles. The van der Waals surface area contributed by atoms with Gasteiger partial charge < -0.3 is 15.3 Å². The molecule has 3 saturated carbocycles. The Hall–Kier alpha value is -5.75. The molecule has 2 unspecified atom stereocenters. The molecule has 0 heterocycles. The van der Waals surface area contributed by atoms with Gasteiger partial charge in [-0.05, 0) is 144 Å².